The zero-order valence-corrected chi connectivity index (χ0v) is 17.1. The van der Waals surface area contributed by atoms with E-state index in [0.29, 0.717) is 38.1 Å². The van der Waals surface area contributed by atoms with Crippen molar-refractivity contribution in [3.8, 4) is 11.5 Å². The quantitative estimate of drug-likeness (QED) is 0.450. The van der Waals surface area contributed by atoms with Crippen LogP contribution in [0.15, 0.2) is 60.8 Å². The SMILES string of the molecule is COc1cc(OC)cc(C(=O)N(Cc2ccccn2)c2nc3ccc(F)cc3s2)c1. The lowest BCUT2D eigenvalue weighted by Crippen LogP contribution is -2.30. The van der Waals surface area contributed by atoms with E-state index in [1.807, 2.05) is 18.2 Å². The Morgan fingerprint density at radius 3 is 2.50 bits per heavy atom. The van der Waals surface area contributed by atoms with E-state index in [9.17, 15) is 9.18 Å². The number of hydrogen-bond donors (Lipinski definition) is 0. The number of anilines is 1. The van der Waals surface area contributed by atoms with Crippen LogP contribution in [0, 0.1) is 5.82 Å². The summed E-state index contributed by atoms with van der Waals surface area (Å²) in [6.07, 6.45) is 1.67. The van der Waals surface area contributed by atoms with Gasteiger partial charge in [0.05, 0.1) is 36.7 Å². The van der Waals surface area contributed by atoms with Gasteiger partial charge in [0.2, 0.25) is 0 Å². The van der Waals surface area contributed by atoms with Crippen molar-refractivity contribution in [3.05, 3.63) is 77.9 Å². The number of halogens is 1. The summed E-state index contributed by atoms with van der Waals surface area (Å²) in [4.78, 5) is 23.9. The second kappa shape index (κ2) is 8.46. The van der Waals surface area contributed by atoms with Gasteiger partial charge in [-0.25, -0.2) is 9.37 Å². The van der Waals surface area contributed by atoms with E-state index < -0.39 is 0 Å². The number of pyridine rings is 1. The largest absolute Gasteiger partial charge is 0.497 e. The molecule has 0 fully saturated rings. The number of carbonyl (C=O) groups excluding carboxylic acids is 1. The van der Waals surface area contributed by atoms with Gasteiger partial charge in [-0.05, 0) is 42.5 Å². The molecule has 1 amide bonds. The van der Waals surface area contributed by atoms with E-state index in [4.69, 9.17) is 9.47 Å². The summed E-state index contributed by atoms with van der Waals surface area (Å²) in [5.74, 6) is 0.360. The van der Waals surface area contributed by atoms with Crippen LogP contribution in [-0.4, -0.2) is 30.1 Å². The number of thiazole rings is 1. The van der Waals surface area contributed by atoms with E-state index in [2.05, 4.69) is 9.97 Å². The van der Waals surface area contributed by atoms with Gasteiger partial charge in [0.1, 0.15) is 17.3 Å². The first-order valence-electron chi connectivity index (χ1n) is 9.08. The molecule has 8 heteroatoms. The maximum atomic E-state index is 13.6. The Morgan fingerprint density at radius 1 is 1.07 bits per heavy atom. The highest BCUT2D eigenvalue weighted by molar-refractivity contribution is 7.22. The molecule has 0 radical (unpaired) electrons. The van der Waals surface area contributed by atoms with Crippen molar-refractivity contribution in [3.63, 3.8) is 0 Å². The van der Waals surface area contributed by atoms with Gasteiger partial charge < -0.3 is 9.47 Å². The number of methoxy groups -OCH3 is 2. The number of carbonyl (C=O) groups is 1. The first-order valence-corrected chi connectivity index (χ1v) is 9.90. The normalized spacial score (nSPS) is 10.8. The monoisotopic (exact) mass is 423 g/mol. The Morgan fingerprint density at radius 2 is 1.83 bits per heavy atom. The highest BCUT2D eigenvalue weighted by Gasteiger charge is 2.23. The van der Waals surface area contributed by atoms with Crippen LogP contribution in [0.1, 0.15) is 16.1 Å². The smallest absolute Gasteiger partial charge is 0.260 e. The second-order valence-corrected chi connectivity index (χ2v) is 7.43. The number of fused-ring (bicyclic) bond motifs is 1. The summed E-state index contributed by atoms with van der Waals surface area (Å²) in [6, 6.07) is 14.8. The number of amides is 1. The van der Waals surface area contributed by atoms with E-state index in [0.717, 1.165) is 0 Å². The van der Waals surface area contributed by atoms with Gasteiger partial charge in [-0.2, -0.15) is 0 Å². The van der Waals surface area contributed by atoms with E-state index in [-0.39, 0.29) is 18.3 Å². The fourth-order valence-electron chi connectivity index (χ4n) is 2.97. The third-order valence-electron chi connectivity index (χ3n) is 4.46. The molecule has 0 aliphatic rings. The Bertz CT molecular complexity index is 1170. The topological polar surface area (TPSA) is 64.6 Å². The first-order chi connectivity index (χ1) is 14.6. The van der Waals surface area contributed by atoms with Crippen LogP contribution < -0.4 is 14.4 Å². The van der Waals surface area contributed by atoms with Crippen molar-refractivity contribution in [2.24, 2.45) is 0 Å². The van der Waals surface area contributed by atoms with Gasteiger partial charge in [0.15, 0.2) is 5.13 Å². The summed E-state index contributed by atoms with van der Waals surface area (Å²) < 4.78 is 24.9. The van der Waals surface area contributed by atoms with Crippen LogP contribution in [0.5, 0.6) is 11.5 Å². The van der Waals surface area contributed by atoms with Crippen LogP contribution in [0.25, 0.3) is 10.2 Å². The summed E-state index contributed by atoms with van der Waals surface area (Å²) in [5.41, 5.74) is 1.71. The summed E-state index contributed by atoms with van der Waals surface area (Å²) in [5, 5.41) is 0.452. The van der Waals surface area contributed by atoms with Gasteiger partial charge in [-0.15, -0.1) is 0 Å². The Kier molecular flexibility index (Phi) is 5.58. The molecular weight excluding hydrogens is 405 g/mol. The number of nitrogens with zero attached hydrogens (tertiary/aromatic N) is 3. The molecule has 152 valence electrons. The Balaban J connectivity index is 1.79. The van der Waals surface area contributed by atoms with Crippen LogP contribution >= 0.6 is 11.3 Å². The molecule has 0 N–H and O–H groups in total. The van der Waals surface area contributed by atoms with Gasteiger partial charge in [0, 0.05) is 17.8 Å². The summed E-state index contributed by atoms with van der Waals surface area (Å²) >= 11 is 1.25. The zero-order chi connectivity index (χ0) is 21.1. The molecule has 4 aromatic rings. The molecule has 2 heterocycles. The predicted molar refractivity (Wildman–Crippen MR) is 114 cm³/mol. The Hall–Kier alpha value is -3.52. The minimum absolute atomic E-state index is 0.210. The molecule has 0 bridgehead atoms. The van der Waals surface area contributed by atoms with Crippen molar-refractivity contribution in [2.45, 2.75) is 6.54 Å². The van der Waals surface area contributed by atoms with Crippen LogP contribution in [0.3, 0.4) is 0 Å². The molecule has 30 heavy (non-hydrogen) atoms. The molecular formula is C22H18FN3O3S. The van der Waals surface area contributed by atoms with E-state index >= 15 is 0 Å². The third-order valence-corrected chi connectivity index (χ3v) is 5.50. The second-order valence-electron chi connectivity index (χ2n) is 6.42. The maximum Gasteiger partial charge on any atom is 0.260 e. The summed E-state index contributed by atoms with van der Waals surface area (Å²) in [7, 11) is 3.05. The molecule has 0 saturated carbocycles. The first kappa shape index (κ1) is 19.8. The fraction of sp³-hybridized carbons (Fsp3) is 0.136. The summed E-state index contributed by atoms with van der Waals surface area (Å²) in [6.45, 7) is 0.210. The van der Waals surface area contributed by atoms with E-state index in [1.54, 1.807) is 30.5 Å². The van der Waals surface area contributed by atoms with Crippen LogP contribution in [0.4, 0.5) is 9.52 Å². The molecule has 0 atom stereocenters. The number of aromatic nitrogens is 2. The molecule has 6 nitrogen and oxygen atoms in total. The predicted octanol–water partition coefficient (Wildman–Crippen LogP) is 4.69. The third kappa shape index (κ3) is 4.08. The van der Waals surface area contributed by atoms with Crippen molar-refractivity contribution < 1.29 is 18.7 Å². The molecule has 2 aromatic heterocycles. The zero-order valence-electron chi connectivity index (χ0n) is 16.3. The molecule has 0 spiro atoms. The van der Waals surface area contributed by atoms with Gasteiger partial charge in [-0.1, -0.05) is 17.4 Å². The lowest BCUT2D eigenvalue weighted by molar-refractivity contribution is 0.0984. The van der Waals surface area contributed by atoms with Gasteiger partial charge >= 0.3 is 0 Å². The minimum atomic E-state index is -0.349. The van der Waals surface area contributed by atoms with Gasteiger partial charge in [-0.3, -0.25) is 14.7 Å². The molecule has 0 aliphatic carbocycles. The number of ether oxygens (including phenoxy) is 2. The number of benzene rings is 2. The number of hydrogen-bond acceptors (Lipinski definition) is 6. The standard InChI is InChI=1S/C22H18FN3O3S/c1-28-17-9-14(10-18(12-17)29-2)21(27)26(13-16-5-3-4-8-24-16)22-25-19-7-6-15(23)11-20(19)30-22/h3-12H,13H2,1-2H3. The maximum absolute atomic E-state index is 13.6. The van der Waals surface area contributed by atoms with E-state index in [1.165, 1.54) is 42.6 Å². The highest BCUT2D eigenvalue weighted by atomic mass is 32.1. The minimum Gasteiger partial charge on any atom is -0.497 e. The molecule has 2 aromatic carbocycles. The van der Waals surface area contributed by atoms with Crippen molar-refractivity contribution in [1.29, 1.82) is 0 Å². The average Bonchev–Trinajstić information content (AvgIpc) is 3.20. The number of rotatable bonds is 6. The fourth-order valence-corrected chi connectivity index (χ4v) is 3.96. The van der Waals surface area contributed by atoms with Crippen molar-refractivity contribution in [2.75, 3.05) is 19.1 Å². The van der Waals surface area contributed by atoms with Crippen LogP contribution in [0.2, 0.25) is 0 Å². The van der Waals surface area contributed by atoms with Crippen molar-refractivity contribution >= 4 is 32.6 Å². The molecule has 4 rings (SSSR count). The lowest BCUT2D eigenvalue weighted by atomic mass is 10.1. The molecule has 0 saturated heterocycles. The molecule has 0 unspecified atom stereocenters. The Labute approximate surface area is 176 Å². The average molecular weight is 423 g/mol. The highest BCUT2D eigenvalue weighted by Crippen LogP contribution is 2.32. The lowest BCUT2D eigenvalue weighted by Gasteiger charge is -2.20. The van der Waals surface area contributed by atoms with Crippen LogP contribution in [-0.2, 0) is 6.54 Å². The van der Waals surface area contributed by atoms with Gasteiger partial charge in [0.25, 0.3) is 5.91 Å². The van der Waals surface area contributed by atoms with Crippen molar-refractivity contribution in [1.82, 2.24) is 9.97 Å². The molecule has 0 aliphatic heterocycles.